The summed E-state index contributed by atoms with van der Waals surface area (Å²) in [5.74, 6) is 1.21. The van der Waals surface area contributed by atoms with Gasteiger partial charge in [-0.3, -0.25) is 0 Å². The van der Waals surface area contributed by atoms with Crippen molar-refractivity contribution in [2.24, 2.45) is 0 Å². The molecule has 156 valence electrons. The van der Waals surface area contributed by atoms with E-state index in [4.69, 9.17) is 11.6 Å². The molecule has 8 heteroatoms. The summed E-state index contributed by atoms with van der Waals surface area (Å²) in [5, 5.41) is 12.0. The minimum absolute atomic E-state index is 0.524. The molecule has 2 N–H and O–H groups in total. The monoisotopic (exact) mass is 431 g/mol. The van der Waals surface area contributed by atoms with Gasteiger partial charge in [0.2, 0.25) is 5.95 Å². The molecule has 2 aromatic heterocycles. The Bertz CT molecular complexity index is 1150. The molecule has 0 radical (unpaired) electrons. The van der Waals surface area contributed by atoms with E-state index in [0.29, 0.717) is 16.8 Å². The van der Waals surface area contributed by atoms with Crippen LogP contribution in [0.4, 0.5) is 17.3 Å². The number of nitrogens with zero attached hydrogens (tertiary/aromatic N) is 5. The first-order valence-electron chi connectivity index (χ1n) is 10.2. The molecule has 0 aliphatic carbocycles. The van der Waals surface area contributed by atoms with Crippen molar-refractivity contribution in [1.82, 2.24) is 25.1 Å². The largest absolute Gasteiger partial charge is 0.369 e. The number of hydrogen-bond acceptors (Lipinski definition) is 6. The Balaban J connectivity index is 1.31. The third-order valence-corrected chi connectivity index (χ3v) is 5.46. The molecule has 0 bridgehead atoms. The van der Waals surface area contributed by atoms with Gasteiger partial charge in [0.25, 0.3) is 0 Å². The van der Waals surface area contributed by atoms with Crippen LogP contribution in [0, 0.1) is 0 Å². The number of anilines is 3. The van der Waals surface area contributed by atoms with E-state index < -0.39 is 0 Å². The third kappa shape index (κ3) is 4.52. The molecular formula is C23H22ClN7. The zero-order valence-corrected chi connectivity index (χ0v) is 17.6. The summed E-state index contributed by atoms with van der Waals surface area (Å²) in [6.45, 7) is 4.10. The van der Waals surface area contributed by atoms with Crippen molar-refractivity contribution < 1.29 is 0 Å². The van der Waals surface area contributed by atoms with Crippen molar-refractivity contribution >= 4 is 28.9 Å². The number of nitrogens with one attached hydrogen (secondary N) is 2. The van der Waals surface area contributed by atoms with Crippen LogP contribution in [0.25, 0.3) is 17.1 Å². The zero-order valence-electron chi connectivity index (χ0n) is 16.9. The van der Waals surface area contributed by atoms with Gasteiger partial charge in [0.05, 0.1) is 5.69 Å². The highest BCUT2D eigenvalue weighted by atomic mass is 35.5. The van der Waals surface area contributed by atoms with Gasteiger partial charge in [0.1, 0.15) is 0 Å². The Morgan fingerprint density at radius 1 is 0.903 bits per heavy atom. The highest BCUT2D eigenvalue weighted by Gasteiger charge is 2.10. The van der Waals surface area contributed by atoms with Crippen LogP contribution in [0.1, 0.15) is 0 Å². The molecule has 0 amide bonds. The van der Waals surface area contributed by atoms with E-state index in [2.05, 4.69) is 54.9 Å². The quantitative estimate of drug-likeness (QED) is 0.495. The molecule has 1 saturated heterocycles. The molecule has 0 spiro atoms. The number of piperazine rings is 1. The first-order chi connectivity index (χ1) is 15.2. The van der Waals surface area contributed by atoms with Crippen molar-refractivity contribution in [2.45, 2.75) is 0 Å². The molecule has 0 saturated carbocycles. The minimum Gasteiger partial charge on any atom is -0.369 e. The Morgan fingerprint density at radius 2 is 1.68 bits per heavy atom. The van der Waals surface area contributed by atoms with Gasteiger partial charge in [0, 0.05) is 66.6 Å². The predicted molar refractivity (Wildman–Crippen MR) is 124 cm³/mol. The Hall–Kier alpha value is -3.42. The molecular weight excluding hydrogens is 410 g/mol. The molecule has 4 aromatic rings. The van der Waals surface area contributed by atoms with Crippen LogP contribution in [-0.4, -0.2) is 45.9 Å². The van der Waals surface area contributed by atoms with Gasteiger partial charge in [-0.15, -0.1) is 0 Å². The summed E-state index contributed by atoms with van der Waals surface area (Å²) in [6.07, 6.45) is 3.61. The van der Waals surface area contributed by atoms with Gasteiger partial charge in [-0.2, -0.15) is 10.1 Å². The highest BCUT2D eigenvalue weighted by molar-refractivity contribution is 6.30. The van der Waals surface area contributed by atoms with Crippen LogP contribution in [0.2, 0.25) is 5.02 Å². The summed E-state index contributed by atoms with van der Waals surface area (Å²) < 4.78 is 1.74. The van der Waals surface area contributed by atoms with E-state index in [1.165, 1.54) is 5.69 Å². The first-order valence-corrected chi connectivity index (χ1v) is 10.6. The molecule has 3 heterocycles. The fraction of sp³-hybridized carbons (Fsp3) is 0.174. The van der Waals surface area contributed by atoms with E-state index in [1.54, 1.807) is 10.9 Å². The second-order valence-electron chi connectivity index (χ2n) is 7.30. The maximum Gasteiger partial charge on any atom is 0.229 e. The van der Waals surface area contributed by atoms with Gasteiger partial charge in [0.15, 0.2) is 5.82 Å². The van der Waals surface area contributed by atoms with Crippen LogP contribution in [0.5, 0.6) is 0 Å². The summed E-state index contributed by atoms with van der Waals surface area (Å²) in [6, 6.07) is 19.8. The molecule has 7 nitrogen and oxygen atoms in total. The lowest BCUT2D eigenvalue weighted by molar-refractivity contribution is 0.589. The molecule has 1 aliphatic rings. The second kappa shape index (κ2) is 8.75. The lowest BCUT2D eigenvalue weighted by Gasteiger charge is -2.29. The first kappa shape index (κ1) is 19.5. The van der Waals surface area contributed by atoms with Crippen molar-refractivity contribution in [1.29, 1.82) is 0 Å². The van der Waals surface area contributed by atoms with Crippen LogP contribution in [-0.2, 0) is 0 Å². The van der Waals surface area contributed by atoms with Gasteiger partial charge in [-0.1, -0.05) is 23.7 Å². The normalized spacial score (nSPS) is 13.9. The van der Waals surface area contributed by atoms with E-state index in [0.717, 1.165) is 43.1 Å². The zero-order chi connectivity index (χ0) is 21.0. The number of halogens is 1. The molecule has 1 fully saturated rings. The maximum absolute atomic E-state index is 5.98. The Morgan fingerprint density at radius 3 is 2.45 bits per heavy atom. The van der Waals surface area contributed by atoms with Crippen molar-refractivity contribution in [3.63, 3.8) is 0 Å². The number of rotatable bonds is 5. The van der Waals surface area contributed by atoms with Gasteiger partial charge in [-0.05, 0) is 42.5 Å². The summed E-state index contributed by atoms with van der Waals surface area (Å²) in [5.41, 5.74) is 4.03. The van der Waals surface area contributed by atoms with Crippen LogP contribution >= 0.6 is 11.6 Å². The second-order valence-corrected chi connectivity index (χ2v) is 7.74. The van der Waals surface area contributed by atoms with E-state index >= 15 is 0 Å². The van der Waals surface area contributed by atoms with Gasteiger partial charge >= 0.3 is 0 Å². The molecule has 2 aromatic carbocycles. The lowest BCUT2D eigenvalue weighted by Crippen LogP contribution is -2.43. The lowest BCUT2D eigenvalue weighted by atomic mass is 10.2. The average Bonchev–Trinajstić information content (AvgIpc) is 3.31. The number of aromatic nitrogens is 4. The smallest absolute Gasteiger partial charge is 0.229 e. The van der Waals surface area contributed by atoms with E-state index in [1.807, 2.05) is 42.6 Å². The molecule has 0 atom stereocenters. The molecule has 1 aliphatic heterocycles. The number of hydrogen-bond donors (Lipinski definition) is 2. The SMILES string of the molecule is Clc1ccc(-c2ccn(-c3ccnc(Nc4ccc(N5CCNCC5)cc4)n3)n2)cc1. The van der Waals surface area contributed by atoms with Crippen molar-refractivity contribution in [2.75, 3.05) is 36.4 Å². The van der Waals surface area contributed by atoms with Crippen LogP contribution in [0.15, 0.2) is 73.1 Å². The standard InChI is InChI=1S/C23H22ClN7/c24-18-3-1-17(2-4-18)21-10-14-31(29-21)22-9-11-26-23(28-22)27-19-5-7-20(8-6-19)30-15-12-25-13-16-30/h1-11,14,25H,12-13,15-16H2,(H,26,27,28). The third-order valence-electron chi connectivity index (χ3n) is 5.21. The van der Waals surface area contributed by atoms with E-state index in [-0.39, 0.29) is 0 Å². The summed E-state index contributed by atoms with van der Waals surface area (Å²) in [7, 11) is 0. The minimum atomic E-state index is 0.524. The van der Waals surface area contributed by atoms with Crippen LogP contribution < -0.4 is 15.5 Å². The van der Waals surface area contributed by atoms with Crippen LogP contribution in [0.3, 0.4) is 0 Å². The summed E-state index contributed by atoms with van der Waals surface area (Å²) in [4.78, 5) is 11.3. The molecule has 0 unspecified atom stereocenters. The summed E-state index contributed by atoms with van der Waals surface area (Å²) >= 11 is 5.98. The van der Waals surface area contributed by atoms with Crippen molar-refractivity contribution in [3.8, 4) is 17.1 Å². The Kier molecular flexibility index (Phi) is 5.52. The van der Waals surface area contributed by atoms with Crippen molar-refractivity contribution in [3.05, 3.63) is 78.1 Å². The highest BCUT2D eigenvalue weighted by Crippen LogP contribution is 2.22. The fourth-order valence-corrected chi connectivity index (χ4v) is 3.70. The predicted octanol–water partition coefficient (Wildman–Crippen LogP) is 4.14. The van der Waals surface area contributed by atoms with Gasteiger partial charge < -0.3 is 15.5 Å². The van der Waals surface area contributed by atoms with Gasteiger partial charge in [-0.25, -0.2) is 9.67 Å². The molecule has 5 rings (SSSR count). The average molecular weight is 432 g/mol. The maximum atomic E-state index is 5.98. The Labute approximate surface area is 185 Å². The topological polar surface area (TPSA) is 70.9 Å². The molecule has 31 heavy (non-hydrogen) atoms. The fourth-order valence-electron chi connectivity index (χ4n) is 3.57. The number of benzene rings is 2. The van der Waals surface area contributed by atoms with E-state index in [9.17, 15) is 0 Å².